The van der Waals surface area contributed by atoms with Crippen molar-refractivity contribution in [3.63, 3.8) is 0 Å². The first-order chi connectivity index (χ1) is 14.7. The quantitative estimate of drug-likeness (QED) is 0.434. The number of amides is 1. The van der Waals surface area contributed by atoms with Crippen LogP contribution in [0.4, 0.5) is 4.79 Å². The molecule has 164 valence electrons. The Hall–Kier alpha value is -2.37. The topological polar surface area (TPSA) is 79.5 Å². The second kappa shape index (κ2) is 11.7. The summed E-state index contributed by atoms with van der Waals surface area (Å²) >= 11 is 0. The van der Waals surface area contributed by atoms with Gasteiger partial charge in [-0.05, 0) is 30.7 Å². The maximum atomic E-state index is 11.0. The maximum absolute atomic E-state index is 11.0. The van der Waals surface area contributed by atoms with Crippen LogP contribution in [0.3, 0.4) is 0 Å². The Labute approximate surface area is 179 Å². The molecule has 1 atom stereocenters. The molecule has 6 heteroatoms. The van der Waals surface area contributed by atoms with Crippen molar-refractivity contribution in [2.45, 2.75) is 77.6 Å². The summed E-state index contributed by atoms with van der Waals surface area (Å²) < 4.78 is 5.41. The van der Waals surface area contributed by atoms with E-state index >= 15 is 0 Å². The molecule has 6 nitrogen and oxygen atoms in total. The Kier molecular flexibility index (Phi) is 8.72. The van der Waals surface area contributed by atoms with Crippen molar-refractivity contribution in [3.8, 4) is 11.4 Å². The van der Waals surface area contributed by atoms with Crippen LogP contribution in [0.2, 0.25) is 0 Å². The summed E-state index contributed by atoms with van der Waals surface area (Å²) in [6.45, 7) is 3.39. The minimum Gasteiger partial charge on any atom is -0.465 e. The molecule has 1 aliphatic rings. The largest absolute Gasteiger partial charge is 0.465 e. The molecular formula is C24H35N3O3. The summed E-state index contributed by atoms with van der Waals surface area (Å²) in [5.74, 6) is 1.45. The summed E-state index contributed by atoms with van der Waals surface area (Å²) in [7, 11) is 0. The number of carboxylic acid groups (broad SMARTS) is 1. The zero-order chi connectivity index (χ0) is 21.2. The predicted octanol–water partition coefficient (Wildman–Crippen LogP) is 5.96. The molecule has 1 N–H and O–H groups in total. The number of aryl methyl sites for hydroxylation is 1. The lowest BCUT2D eigenvalue weighted by Gasteiger charge is -2.10. The Morgan fingerprint density at radius 2 is 1.80 bits per heavy atom. The Bertz CT molecular complexity index is 772. The minimum absolute atomic E-state index is 0.253. The van der Waals surface area contributed by atoms with Crippen molar-refractivity contribution in [2.75, 3.05) is 13.1 Å². The number of rotatable bonds is 12. The van der Waals surface area contributed by atoms with E-state index in [4.69, 9.17) is 9.63 Å². The summed E-state index contributed by atoms with van der Waals surface area (Å²) in [6.07, 6.45) is 12.5. The number of hydrogen-bond acceptors (Lipinski definition) is 4. The van der Waals surface area contributed by atoms with Crippen molar-refractivity contribution < 1.29 is 14.4 Å². The van der Waals surface area contributed by atoms with Gasteiger partial charge in [0.15, 0.2) is 0 Å². The molecule has 0 unspecified atom stereocenters. The molecule has 0 saturated carbocycles. The lowest BCUT2D eigenvalue weighted by atomic mass is 10.0. The number of nitrogens with zero attached hydrogens (tertiary/aromatic N) is 3. The van der Waals surface area contributed by atoms with Gasteiger partial charge < -0.3 is 14.5 Å². The third-order valence-corrected chi connectivity index (χ3v) is 6.02. The molecule has 1 saturated heterocycles. The van der Waals surface area contributed by atoms with Gasteiger partial charge in [0.05, 0.1) is 0 Å². The fourth-order valence-corrected chi connectivity index (χ4v) is 4.16. The van der Waals surface area contributed by atoms with Gasteiger partial charge in [0.25, 0.3) is 0 Å². The molecule has 2 heterocycles. The normalized spacial score (nSPS) is 16.3. The van der Waals surface area contributed by atoms with E-state index < -0.39 is 6.09 Å². The van der Waals surface area contributed by atoms with E-state index in [1.807, 2.05) is 0 Å². The van der Waals surface area contributed by atoms with Crippen molar-refractivity contribution in [1.82, 2.24) is 15.0 Å². The monoisotopic (exact) mass is 413 g/mol. The number of benzene rings is 1. The highest BCUT2D eigenvalue weighted by molar-refractivity contribution is 5.65. The van der Waals surface area contributed by atoms with Crippen LogP contribution in [0.1, 0.15) is 76.2 Å². The fourth-order valence-electron chi connectivity index (χ4n) is 4.16. The van der Waals surface area contributed by atoms with Crippen LogP contribution in [0.5, 0.6) is 0 Å². The van der Waals surface area contributed by atoms with E-state index in [1.165, 1.54) is 61.8 Å². The van der Waals surface area contributed by atoms with Crippen LogP contribution >= 0.6 is 0 Å². The van der Waals surface area contributed by atoms with Gasteiger partial charge in [-0.3, -0.25) is 0 Å². The number of unbranched alkanes of at least 4 members (excludes halogenated alkanes) is 7. The molecule has 30 heavy (non-hydrogen) atoms. The van der Waals surface area contributed by atoms with E-state index in [-0.39, 0.29) is 5.92 Å². The number of aromatic nitrogens is 2. The van der Waals surface area contributed by atoms with Gasteiger partial charge in [-0.2, -0.15) is 4.98 Å². The highest BCUT2D eigenvalue weighted by Crippen LogP contribution is 2.23. The first-order valence-electron chi connectivity index (χ1n) is 11.6. The SMILES string of the molecule is CCCCCCCCCCc1ccc(-c2noc(C[C@H]3CCN(C(=O)O)C3)n2)cc1. The van der Waals surface area contributed by atoms with Crippen LogP contribution in [0.15, 0.2) is 28.8 Å². The van der Waals surface area contributed by atoms with E-state index in [9.17, 15) is 4.79 Å². The van der Waals surface area contributed by atoms with Gasteiger partial charge in [-0.25, -0.2) is 4.79 Å². The molecule has 0 radical (unpaired) electrons. The van der Waals surface area contributed by atoms with Gasteiger partial charge in [0.1, 0.15) is 0 Å². The minimum atomic E-state index is -0.851. The maximum Gasteiger partial charge on any atom is 0.407 e. The average molecular weight is 414 g/mol. The van der Waals surface area contributed by atoms with Crippen molar-refractivity contribution in [1.29, 1.82) is 0 Å². The Morgan fingerprint density at radius 1 is 1.10 bits per heavy atom. The lowest BCUT2D eigenvalue weighted by molar-refractivity contribution is 0.154. The summed E-state index contributed by atoms with van der Waals surface area (Å²) in [5, 5.41) is 13.2. The highest BCUT2D eigenvalue weighted by Gasteiger charge is 2.27. The molecule has 2 aromatic rings. The molecule has 1 aliphatic heterocycles. The van der Waals surface area contributed by atoms with Crippen LogP contribution < -0.4 is 0 Å². The first kappa shape index (κ1) is 22.3. The number of carbonyl (C=O) groups is 1. The third kappa shape index (κ3) is 6.85. The second-order valence-corrected chi connectivity index (χ2v) is 8.52. The zero-order valence-electron chi connectivity index (χ0n) is 18.2. The van der Waals surface area contributed by atoms with Crippen LogP contribution in [-0.2, 0) is 12.8 Å². The zero-order valence-corrected chi connectivity index (χ0v) is 18.2. The van der Waals surface area contributed by atoms with Crippen LogP contribution in [0, 0.1) is 5.92 Å². The summed E-state index contributed by atoms with van der Waals surface area (Å²) in [6, 6.07) is 8.45. The molecule has 0 spiro atoms. The average Bonchev–Trinajstić information content (AvgIpc) is 3.41. The van der Waals surface area contributed by atoms with Gasteiger partial charge >= 0.3 is 6.09 Å². The Morgan fingerprint density at radius 3 is 2.47 bits per heavy atom. The lowest BCUT2D eigenvalue weighted by Crippen LogP contribution is -2.26. The molecule has 0 aliphatic carbocycles. The highest BCUT2D eigenvalue weighted by atomic mass is 16.5. The van der Waals surface area contributed by atoms with Crippen molar-refractivity contribution >= 4 is 6.09 Å². The number of likely N-dealkylation sites (tertiary alicyclic amines) is 1. The second-order valence-electron chi connectivity index (χ2n) is 8.52. The van der Waals surface area contributed by atoms with Crippen molar-refractivity contribution in [2.24, 2.45) is 5.92 Å². The van der Waals surface area contributed by atoms with E-state index in [0.717, 1.165) is 18.4 Å². The fraction of sp³-hybridized carbons (Fsp3) is 0.625. The predicted molar refractivity (Wildman–Crippen MR) is 117 cm³/mol. The molecular weight excluding hydrogens is 378 g/mol. The summed E-state index contributed by atoms with van der Waals surface area (Å²) in [5.41, 5.74) is 2.32. The van der Waals surface area contributed by atoms with Crippen LogP contribution in [-0.4, -0.2) is 39.3 Å². The van der Waals surface area contributed by atoms with E-state index in [0.29, 0.717) is 31.2 Å². The molecule has 1 aromatic heterocycles. The molecule has 0 bridgehead atoms. The van der Waals surface area contributed by atoms with Gasteiger partial charge in [-0.15, -0.1) is 0 Å². The Balaban J connectivity index is 1.39. The smallest absolute Gasteiger partial charge is 0.407 e. The van der Waals surface area contributed by atoms with Crippen LogP contribution in [0.25, 0.3) is 11.4 Å². The van der Waals surface area contributed by atoms with Gasteiger partial charge in [0, 0.05) is 25.1 Å². The van der Waals surface area contributed by atoms with Crippen molar-refractivity contribution in [3.05, 3.63) is 35.7 Å². The summed E-state index contributed by atoms with van der Waals surface area (Å²) in [4.78, 5) is 17.0. The van der Waals surface area contributed by atoms with E-state index in [1.54, 1.807) is 0 Å². The molecule has 1 amide bonds. The van der Waals surface area contributed by atoms with Gasteiger partial charge in [-0.1, -0.05) is 81.3 Å². The third-order valence-electron chi connectivity index (χ3n) is 6.02. The number of hydrogen-bond donors (Lipinski definition) is 1. The molecule has 3 rings (SSSR count). The van der Waals surface area contributed by atoms with Gasteiger partial charge in [0.2, 0.25) is 11.7 Å². The first-order valence-corrected chi connectivity index (χ1v) is 11.6. The molecule has 1 aromatic carbocycles. The van der Waals surface area contributed by atoms with E-state index in [2.05, 4.69) is 41.3 Å². The standard InChI is InChI=1S/C24H35N3O3/c1-2-3-4-5-6-7-8-9-10-19-11-13-21(14-12-19)23-25-22(30-26-23)17-20-15-16-27(18-20)24(28)29/h11-14,20H,2-10,15-18H2,1H3,(H,28,29)/t20-/m1/s1. The molecule has 1 fully saturated rings.